The van der Waals surface area contributed by atoms with Gasteiger partial charge in [-0.3, -0.25) is 4.79 Å². The molecule has 0 aliphatic rings. The van der Waals surface area contributed by atoms with Crippen molar-refractivity contribution in [3.05, 3.63) is 48.0 Å². The molecule has 3 N–H and O–H groups in total. The summed E-state index contributed by atoms with van der Waals surface area (Å²) in [6.07, 6.45) is 0. The molecule has 0 saturated carbocycles. The summed E-state index contributed by atoms with van der Waals surface area (Å²) in [7, 11) is 0. The molecule has 0 aliphatic carbocycles. The van der Waals surface area contributed by atoms with Crippen LogP contribution in [0.25, 0.3) is 11.0 Å². The van der Waals surface area contributed by atoms with Crippen molar-refractivity contribution < 1.29 is 9.42 Å². The molecule has 0 atom stereocenters. The number of amides is 1. The highest BCUT2D eigenvalue weighted by molar-refractivity contribution is 6.06. The van der Waals surface area contributed by atoms with Gasteiger partial charge in [0.05, 0.1) is 11.3 Å². The van der Waals surface area contributed by atoms with E-state index in [-0.39, 0.29) is 5.56 Å². The zero-order valence-electron chi connectivity index (χ0n) is 9.83. The van der Waals surface area contributed by atoms with Crippen molar-refractivity contribution in [2.24, 2.45) is 5.73 Å². The van der Waals surface area contributed by atoms with Gasteiger partial charge in [0.15, 0.2) is 5.52 Å². The lowest BCUT2D eigenvalue weighted by atomic mass is 10.1. The van der Waals surface area contributed by atoms with E-state index in [0.717, 1.165) is 5.69 Å². The monoisotopic (exact) mass is 254 g/mol. The number of primary amides is 1. The highest BCUT2D eigenvalue weighted by Gasteiger charge is 2.15. The van der Waals surface area contributed by atoms with Gasteiger partial charge in [0.2, 0.25) is 0 Å². The lowest BCUT2D eigenvalue weighted by Gasteiger charge is -2.06. The first-order chi connectivity index (χ1) is 9.25. The standard InChI is InChI=1S/C13H10N4O2/c14-13(18)9-6-7-10(12-11(9)16-19-17-12)15-8-4-2-1-3-5-8/h1-7,15H,(H2,14,18). The normalized spacial score (nSPS) is 10.5. The SMILES string of the molecule is NC(=O)c1ccc(Nc2ccccc2)c2nonc12. The first kappa shape index (κ1) is 11.2. The van der Waals surface area contributed by atoms with E-state index in [1.165, 1.54) is 0 Å². The van der Waals surface area contributed by atoms with E-state index in [1.54, 1.807) is 12.1 Å². The zero-order chi connectivity index (χ0) is 13.2. The summed E-state index contributed by atoms with van der Waals surface area (Å²) >= 11 is 0. The van der Waals surface area contributed by atoms with Gasteiger partial charge in [0.1, 0.15) is 5.52 Å². The molecule has 19 heavy (non-hydrogen) atoms. The third-order valence-electron chi connectivity index (χ3n) is 2.73. The number of anilines is 2. The van der Waals surface area contributed by atoms with E-state index in [9.17, 15) is 4.79 Å². The number of aromatic nitrogens is 2. The molecule has 3 rings (SSSR count). The van der Waals surface area contributed by atoms with E-state index in [1.807, 2.05) is 30.3 Å². The molecule has 6 heteroatoms. The molecule has 94 valence electrons. The van der Waals surface area contributed by atoms with Crippen LogP contribution < -0.4 is 11.1 Å². The fraction of sp³-hybridized carbons (Fsp3) is 0. The summed E-state index contributed by atoms with van der Waals surface area (Å²) < 4.78 is 4.69. The van der Waals surface area contributed by atoms with Crippen LogP contribution in [-0.4, -0.2) is 16.2 Å². The number of fused-ring (bicyclic) bond motifs is 1. The topological polar surface area (TPSA) is 94.0 Å². The van der Waals surface area contributed by atoms with Crippen molar-refractivity contribution in [1.29, 1.82) is 0 Å². The number of nitrogens with one attached hydrogen (secondary N) is 1. The Morgan fingerprint density at radius 1 is 1.05 bits per heavy atom. The molecule has 0 aliphatic heterocycles. The van der Waals surface area contributed by atoms with Crippen molar-refractivity contribution in [1.82, 2.24) is 10.3 Å². The number of carbonyl (C=O) groups is 1. The summed E-state index contributed by atoms with van der Waals surface area (Å²) in [5.41, 5.74) is 7.99. The lowest BCUT2D eigenvalue weighted by molar-refractivity contribution is 0.100. The number of benzene rings is 2. The third-order valence-corrected chi connectivity index (χ3v) is 2.73. The summed E-state index contributed by atoms with van der Waals surface area (Å²) in [6, 6.07) is 12.9. The Hall–Kier alpha value is -2.89. The number of carbonyl (C=O) groups excluding carboxylic acids is 1. The largest absolute Gasteiger partial charge is 0.366 e. The average molecular weight is 254 g/mol. The van der Waals surface area contributed by atoms with Gasteiger partial charge in [-0.15, -0.1) is 0 Å². The van der Waals surface area contributed by atoms with Crippen LogP contribution in [-0.2, 0) is 0 Å². The maximum absolute atomic E-state index is 11.3. The second-order valence-electron chi connectivity index (χ2n) is 3.98. The Morgan fingerprint density at radius 3 is 2.53 bits per heavy atom. The van der Waals surface area contributed by atoms with E-state index >= 15 is 0 Å². The van der Waals surface area contributed by atoms with E-state index in [4.69, 9.17) is 5.73 Å². The lowest BCUT2D eigenvalue weighted by Crippen LogP contribution is -2.11. The molecule has 0 spiro atoms. The van der Waals surface area contributed by atoms with E-state index in [0.29, 0.717) is 16.7 Å². The van der Waals surface area contributed by atoms with Gasteiger partial charge in [-0.1, -0.05) is 18.2 Å². The zero-order valence-corrected chi connectivity index (χ0v) is 9.83. The highest BCUT2D eigenvalue weighted by atomic mass is 16.6. The van der Waals surface area contributed by atoms with Crippen LogP contribution in [0.15, 0.2) is 47.1 Å². The third kappa shape index (κ3) is 1.99. The molecule has 1 heterocycles. The number of hydrogen-bond donors (Lipinski definition) is 2. The second-order valence-corrected chi connectivity index (χ2v) is 3.98. The van der Waals surface area contributed by atoms with Crippen LogP contribution in [0.1, 0.15) is 10.4 Å². The molecule has 3 aromatic rings. The molecule has 6 nitrogen and oxygen atoms in total. The van der Waals surface area contributed by atoms with E-state index in [2.05, 4.69) is 20.3 Å². The number of para-hydroxylation sites is 1. The quantitative estimate of drug-likeness (QED) is 0.746. The van der Waals surface area contributed by atoms with Crippen LogP contribution in [0, 0.1) is 0 Å². The van der Waals surface area contributed by atoms with Gasteiger partial charge in [-0.25, -0.2) is 4.63 Å². The number of nitrogens with two attached hydrogens (primary N) is 1. The predicted octanol–water partition coefficient (Wildman–Crippen LogP) is 2.07. The first-order valence-electron chi connectivity index (χ1n) is 5.63. The minimum atomic E-state index is -0.563. The summed E-state index contributed by atoms with van der Waals surface area (Å²) in [5.74, 6) is -0.563. The van der Waals surface area contributed by atoms with Gasteiger partial charge in [0.25, 0.3) is 5.91 Å². The number of nitrogens with zero attached hydrogens (tertiary/aromatic N) is 2. The van der Waals surface area contributed by atoms with E-state index < -0.39 is 5.91 Å². The molecule has 0 saturated heterocycles. The molecule has 0 bridgehead atoms. The number of rotatable bonds is 3. The summed E-state index contributed by atoms with van der Waals surface area (Å²) in [4.78, 5) is 11.3. The average Bonchev–Trinajstić information content (AvgIpc) is 2.89. The Balaban J connectivity index is 2.08. The van der Waals surface area contributed by atoms with Crippen LogP contribution >= 0.6 is 0 Å². The molecule has 0 unspecified atom stereocenters. The highest BCUT2D eigenvalue weighted by Crippen LogP contribution is 2.26. The summed E-state index contributed by atoms with van der Waals surface area (Å²) in [6.45, 7) is 0. The van der Waals surface area contributed by atoms with Crippen molar-refractivity contribution in [3.63, 3.8) is 0 Å². The van der Waals surface area contributed by atoms with Gasteiger partial charge in [0, 0.05) is 5.69 Å². The maximum atomic E-state index is 11.3. The van der Waals surface area contributed by atoms with Crippen molar-refractivity contribution in [2.45, 2.75) is 0 Å². The number of hydrogen-bond acceptors (Lipinski definition) is 5. The maximum Gasteiger partial charge on any atom is 0.251 e. The molecule has 0 radical (unpaired) electrons. The summed E-state index contributed by atoms with van der Waals surface area (Å²) in [5, 5.41) is 10.7. The molecule has 0 fully saturated rings. The smallest absolute Gasteiger partial charge is 0.251 e. The van der Waals surface area contributed by atoms with Crippen LogP contribution in [0.4, 0.5) is 11.4 Å². The Kier molecular flexibility index (Phi) is 2.60. The van der Waals surface area contributed by atoms with Gasteiger partial charge < -0.3 is 11.1 Å². The minimum Gasteiger partial charge on any atom is -0.366 e. The predicted molar refractivity (Wildman–Crippen MR) is 70.0 cm³/mol. The first-order valence-corrected chi connectivity index (χ1v) is 5.63. The fourth-order valence-corrected chi connectivity index (χ4v) is 1.84. The minimum absolute atomic E-state index is 0.287. The van der Waals surface area contributed by atoms with Crippen molar-refractivity contribution in [3.8, 4) is 0 Å². The van der Waals surface area contributed by atoms with Crippen molar-refractivity contribution in [2.75, 3.05) is 5.32 Å². The Morgan fingerprint density at radius 2 is 1.79 bits per heavy atom. The van der Waals surface area contributed by atoms with Crippen LogP contribution in [0.5, 0.6) is 0 Å². The van der Waals surface area contributed by atoms with Gasteiger partial charge in [-0.05, 0) is 34.6 Å². The van der Waals surface area contributed by atoms with Gasteiger partial charge >= 0.3 is 0 Å². The molecular weight excluding hydrogens is 244 g/mol. The Labute approximate surface area is 108 Å². The molecule has 1 aromatic heterocycles. The van der Waals surface area contributed by atoms with Crippen LogP contribution in [0.2, 0.25) is 0 Å². The fourth-order valence-electron chi connectivity index (χ4n) is 1.84. The van der Waals surface area contributed by atoms with Gasteiger partial charge in [-0.2, -0.15) is 0 Å². The van der Waals surface area contributed by atoms with Crippen LogP contribution in [0.3, 0.4) is 0 Å². The second kappa shape index (κ2) is 4.41. The Bertz CT molecular complexity index is 737. The molecule has 2 aromatic carbocycles. The molecule has 1 amide bonds. The van der Waals surface area contributed by atoms with Crippen molar-refractivity contribution >= 4 is 28.3 Å². The molecular formula is C13H10N4O2.